The maximum atomic E-state index is 12.5. The summed E-state index contributed by atoms with van der Waals surface area (Å²) in [6.45, 7) is 0.929. The summed E-state index contributed by atoms with van der Waals surface area (Å²) in [5, 5.41) is 2.84. The second-order valence-corrected chi connectivity index (χ2v) is 9.35. The van der Waals surface area contributed by atoms with Crippen LogP contribution in [0.15, 0.2) is 84.9 Å². The minimum absolute atomic E-state index is 0.218. The van der Waals surface area contributed by atoms with Gasteiger partial charge in [0.25, 0.3) is 0 Å². The zero-order valence-electron chi connectivity index (χ0n) is 17.1. The number of hydrogen-bond acceptors (Lipinski definition) is 4. The second kappa shape index (κ2) is 9.88. The van der Waals surface area contributed by atoms with E-state index < -0.39 is 7.60 Å². The fourth-order valence-corrected chi connectivity index (χ4v) is 5.05. The van der Waals surface area contributed by atoms with Crippen LogP contribution in [0.4, 0.5) is 5.69 Å². The lowest BCUT2D eigenvalue weighted by Crippen LogP contribution is -2.10. The Morgan fingerprint density at radius 1 is 0.903 bits per heavy atom. The highest BCUT2D eigenvalue weighted by atomic mass is 31.2. The first-order valence-electron chi connectivity index (χ1n) is 10.2. The summed E-state index contributed by atoms with van der Waals surface area (Å²) in [5.41, 5.74) is 4.69. The van der Waals surface area contributed by atoms with Gasteiger partial charge in [0, 0.05) is 11.8 Å². The Balaban J connectivity index is 1.35. The molecule has 0 saturated carbocycles. The van der Waals surface area contributed by atoms with Crippen LogP contribution in [0.25, 0.3) is 17.2 Å². The second-order valence-electron chi connectivity index (χ2n) is 7.30. The molecule has 6 heteroatoms. The molecule has 0 unspecified atom stereocenters. The number of hydrogen-bond donors (Lipinski definition) is 1. The highest BCUT2D eigenvalue weighted by Gasteiger charge is 2.28. The monoisotopic (exact) mass is 433 g/mol. The molecule has 0 aliphatic carbocycles. The normalized spacial score (nSPS) is 15.6. The van der Waals surface area contributed by atoms with Gasteiger partial charge < -0.3 is 14.4 Å². The van der Waals surface area contributed by atoms with E-state index in [2.05, 4.69) is 17.4 Å². The average Bonchev–Trinajstić information content (AvgIpc) is 2.80. The zero-order valence-corrected chi connectivity index (χ0v) is 18.0. The molecular formula is C25H24NO4P. The summed E-state index contributed by atoms with van der Waals surface area (Å²) < 4.78 is 23.1. The Morgan fingerprint density at radius 3 is 2.35 bits per heavy atom. The van der Waals surface area contributed by atoms with Crippen LogP contribution in [0, 0.1) is 0 Å². The predicted octanol–water partition coefficient (Wildman–Crippen LogP) is 6.14. The zero-order chi connectivity index (χ0) is 21.5. The lowest BCUT2D eigenvalue weighted by molar-refractivity contribution is -0.111. The third-order valence-electron chi connectivity index (χ3n) is 4.88. The Kier molecular flexibility index (Phi) is 6.78. The summed E-state index contributed by atoms with van der Waals surface area (Å²) in [5.74, 6) is -0.218. The van der Waals surface area contributed by atoms with E-state index in [0.717, 1.165) is 28.7 Å². The van der Waals surface area contributed by atoms with Crippen LogP contribution in [-0.4, -0.2) is 19.1 Å². The third kappa shape index (κ3) is 6.02. The number of amides is 1. The van der Waals surface area contributed by atoms with Gasteiger partial charge in [-0.25, -0.2) is 0 Å². The average molecular weight is 433 g/mol. The van der Waals surface area contributed by atoms with Crippen LogP contribution in [0.5, 0.6) is 0 Å². The van der Waals surface area contributed by atoms with Crippen molar-refractivity contribution in [1.82, 2.24) is 0 Å². The number of carbonyl (C=O) groups excluding carboxylic acids is 1. The molecule has 1 fully saturated rings. The van der Waals surface area contributed by atoms with Gasteiger partial charge in [0.05, 0.1) is 19.4 Å². The molecule has 4 rings (SSSR count). The first-order valence-corrected chi connectivity index (χ1v) is 11.9. The first-order chi connectivity index (χ1) is 15.1. The largest absolute Gasteiger partial charge is 0.335 e. The summed E-state index contributed by atoms with van der Waals surface area (Å²) in [6, 6.07) is 25.4. The summed E-state index contributed by atoms with van der Waals surface area (Å²) in [6.07, 6.45) is 4.30. The number of carbonyl (C=O) groups is 1. The quantitative estimate of drug-likeness (QED) is 0.375. The first kappa shape index (κ1) is 21.3. The number of rotatable bonds is 6. The molecule has 1 saturated heterocycles. The van der Waals surface area contributed by atoms with Crippen molar-refractivity contribution in [3.8, 4) is 11.1 Å². The molecule has 31 heavy (non-hydrogen) atoms. The standard InChI is InChI=1S/C25H24NO4P/c27-25(15-12-20-6-4-9-23(18-20)22-7-2-1-3-8-22)26-24-13-10-21(11-14-24)19-31(28)29-16-5-17-30-31/h1-4,6-15,18H,5,16-17,19H2,(H,26,27)/b15-12+. The third-order valence-corrected chi connectivity index (χ3v) is 6.79. The summed E-state index contributed by atoms with van der Waals surface area (Å²) in [4.78, 5) is 12.3. The Hall–Kier alpha value is -2.98. The van der Waals surface area contributed by atoms with Crippen LogP contribution in [0.2, 0.25) is 0 Å². The highest BCUT2D eigenvalue weighted by molar-refractivity contribution is 7.53. The van der Waals surface area contributed by atoms with E-state index >= 15 is 0 Å². The fourth-order valence-electron chi connectivity index (χ4n) is 3.32. The molecule has 1 heterocycles. The lowest BCUT2D eigenvalue weighted by Gasteiger charge is -2.22. The van der Waals surface area contributed by atoms with Crippen molar-refractivity contribution in [2.45, 2.75) is 12.6 Å². The van der Waals surface area contributed by atoms with Crippen molar-refractivity contribution in [2.75, 3.05) is 18.5 Å². The van der Waals surface area contributed by atoms with Crippen LogP contribution in [0.3, 0.4) is 0 Å². The van der Waals surface area contributed by atoms with Crippen molar-refractivity contribution >= 4 is 25.3 Å². The SMILES string of the molecule is O=C(/C=C/c1cccc(-c2ccccc2)c1)Nc1ccc(CP2(=O)OCCCO2)cc1. The number of anilines is 1. The van der Waals surface area contributed by atoms with Gasteiger partial charge in [-0.2, -0.15) is 0 Å². The molecule has 0 spiro atoms. The highest BCUT2D eigenvalue weighted by Crippen LogP contribution is 2.53. The van der Waals surface area contributed by atoms with Gasteiger partial charge >= 0.3 is 7.60 Å². The predicted molar refractivity (Wildman–Crippen MR) is 124 cm³/mol. The number of benzene rings is 3. The molecule has 1 aliphatic heterocycles. The van der Waals surface area contributed by atoms with E-state index in [-0.39, 0.29) is 12.1 Å². The molecule has 0 aromatic heterocycles. The summed E-state index contributed by atoms with van der Waals surface area (Å²) >= 11 is 0. The molecule has 3 aromatic rings. The van der Waals surface area contributed by atoms with Gasteiger partial charge in [-0.15, -0.1) is 0 Å². The van der Waals surface area contributed by atoms with Crippen molar-refractivity contribution in [2.24, 2.45) is 0 Å². The van der Waals surface area contributed by atoms with Gasteiger partial charge in [0.1, 0.15) is 0 Å². The van der Waals surface area contributed by atoms with E-state index in [1.54, 1.807) is 18.2 Å². The topological polar surface area (TPSA) is 64.6 Å². The molecule has 158 valence electrons. The van der Waals surface area contributed by atoms with Crippen molar-refractivity contribution < 1.29 is 18.4 Å². The van der Waals surface area contributed by atoms with Crippen molar-refractivity contribution in [1.29, 1.82) is 0 Å². The van der Waals surface area contributed by atoms with E-state index in [1.165, 1.54) is 6.08 Å². The molecule has 1 aliphatic rings. The van der Waals surface area contributed by atoms with Gasteiger partial charge in [-0.1, -0.05) is 60.7 Å². The molecule has 1 N–H and O–H groups in total. The number of nitrogens with one attached hydrogen (secondary N) is 1. The van der Waals surface area contributed by atoms with E-state index in [0.29, 0.717) is 18.9 Å². The van der Waals surface area contributed by atoms with Gasteiger partial charge in [0.2, 0.25) is 5.91 Å². The van der Waals surface area contributed by atoms with E-state index in [4.69, 9.17) is 9.05 Å². The minimum Gasteiger partial charge on any atom is -0.323 e. The van der Waals surface area contributed by atoms with Gasteiger partial charge in [-0.3, -0.25) is 9.36 Å². The fraction of sp³-hybridized carbons (Fsp3) is 0.160. The van der Waals surface area contributed by atoms with Crippen LogP contribution in [-0.2, 0) is 24.6 Å². The molecule has 0 atom stereocenters. The van der Waals surface area contributed by atoms with Crippen LogP contribution >= 0.6 is 7.60 Å². The van der Waals surface area contributed by atoms with Crippen LogP contribution < -0.4 is 5.32 Å². The molecule has 0 radical (unpaired) electrons. The van der Waals surface area contributed by atoms with Gasteiger partial charge in [-0.05, 0) is 52.9 Å². The van der Waals surface area contributed by atoms with Gasteiger partial charge in [0.15, 0.2) is 0 Å². The van der Waals surface area contributed by atoms with Crippen molar-refractivity contribution in [3.63, 3.8) is 0 Å². The smallest absolute Gasteiger partial charge is 0.323 e. The minimum atomic E-state index is -3.05. The molecule has 3 aromatic carbocycles. The van der Waals surface area contributed by atoms with Crippen LogP contribution in [0.1, 0.15) is 17.5 Å². The van der Waals surface area contributed by atoms with E-state index in [1.807, 2.05) is 54.6 Å². The molecule has 5 nitrogen and oxygen atoms in total. The molecular weight excluding hydrogens is 409 g/mol. The summed E-state index contributed by atoms with van der Waals surface area (Å²) in [7, 11) is -3.05. The maximum Gasteiger partial charge on any atom is 0.335 e. The Labute approximate surface area is 182 Å². The maximum absolute atomic E-state index is 12.5. The Bertz CT molecular complexity index is 1100. The Morgan fingerprint density at radius 2 is 1.61 bits per heavy atom. The molecule has 1 amide bonds. The molecule has 0 bridgehead atoms. The lowest BCUT2D eigenvalue weighted by atomic mass is 10.0. The van der Waals surface area contributed by atoms with E-state index in [9.17, 15) is 9.36 Å². The van der Waals surface area contributed by atoms with Crippen molar-refractivity contribution in [3.05, 3.63) is 96.1 Å².